The summed E-state index contributed by atoms with van der Waals surface area (Å²) in [6, 6.07) is 13.4. The van der Waals surface area contributed by atoms with Gasteiger partial charge in [-0.1, -0.05) is 42.5 Å². The third kappa shape index (κ3) is 4.78. The van der Waals surface area contributed by atoms with Gasteiger partial charge in [0, 0.05) is 17.5 Å². The van der Waals surface area contributed by atoms with Crippen LogP contribution in [-0.2, 0) is 16.1 Å². The van der Waals surface area contributed by atoms with Crippen LogP contribution in [0.25, 0.3) is 11.0 Å². The number of likely N-dealkylation sites (tertiary alicyclic amines) is 1. The number of carbonyl (C=O) groups is 3. The molecule has 2 amide bonds. The Morgan fingerprint density at radius 1 is 1.18 bits per heavy atom. The average Bonchev–Trinajstić information content (AvgIpc) is 3.34. The number of amides is 2. The molecule has 3 aromatic rings. The molecule has 1 saturated heterocycles. The van der Waals surface area contributed by atoms with Gasteiger partial charge < -0.3 is 25.1 Å². The number of carbonyl (C=O) groups excluding carboxylic acids is 3. The Balaban J connectivity index is 1.40. The van der Waals surface area contributed by atoms with E-state index in [4.69, 9.17) is 14.9 Å². The number of nitrogens with one attached hydrogen (secondary N) is 1. The standard InChI is InChI=1S/C25H25N3O6/c1-15-18-10-9-17(12-20(18)34-24(31)22(15)26)23(30)19-8-5-11-28(19)21(29)13-27-25(32)33-14-16-6-3-2-4-7-16/h2-4,6-7,9-10,12,19H,5,8,11,13-14,26H2,1H3,(H,27,32)/t19-/m0/s1. The minimum atomic E-state index is -0.710. The number of fused-ring (bicyclic) bond motifs is 1. The summed E-state index contributed by atoms with van der Waals surface area (Å²) in [6.07, 6.45) is 0.462. The van der Waals surface area contributed by atoms with Crippen molar-refractivity contribution in [3.8, 4) is 0 Å². The molecule has 0 aliphatic carbocycles. The Bertz CT molecular complexity index is 1300. The van der Waals surface area contributed by atoms with E-state index in [-0.39, 0.29) is 36.1 Å². The fourth-order valence-corrected chi connectivity index (χ4v) is 4.08. The third-order valence-corrected chi connectivity index (χ3v) is 5.97. The summed E-state index contributed by atoms with van der Waals surface area (Å²) in [5.74, 6) is -0.625. The first-order valence-corrected chi connectivity index (χ1v) is 11.0. The van der Waals surface area contributed by atoms with E-state index in [9.17, 15) is 19.2 Å². The maximum atomic E-state index is 13.2. The van der Waals surface area contributed by atoms with Crippen LogP contribution in [0.5, 0.6) is 0 Å². The second kappa shape index (κ2) is 9.78. The molecule has 0 unspecified atom stereocenters. The van der Waals surface area contributed by atoms with Crippen LogP contribution < -0.4 is 16.7 Å². The first-order chi connectivity index (χ1) is 16.3. The highest BCUT2D eigenvalue weighted by molar-refractivity contribution is 6.04. The molecule has 1 atom stereocenters. The van der Waals surface area contributed by atoms with Crippen LogP contribution in [0.15, 0.2) is 57.7 Å². The first-order valence-electron chi connectivity index (χ1n) is 11.0. The second-order valence-electron chi connectivity index (χ2n) is 8.16. The highest BCUT2D eigenvalue weighted by Crippen LogP contribution is 2.25. The Kier molecular flexibility index (Phi) is 6.62. The number of benzene rings is 2. The fraction of sp³-hybridized carbons (Fsp3) is 0.280. The van der Waals surface area contributed by atoms with Crippen LogP contribution in [-0.4, -0.2) is 41.8 Å². The Morgan fingerprint density at radius 2 is 1.94 bits per heavy atom. The largest absolute Gasteiger partial charge is 0.445 e. The molecule has 2 aromatic carbocycles. The van der Waals surface area contributed by atoms with E-state index >= 15 is 0 Å². The van der Waals surface area contributed by atoms with Crippen LogP contribution in [0.2, 0.25) is 0 Å². The van der Waals surface area contributed by atoms with Gasteiger partial charge >= 0.3 is 11.7 Å². The van der Waals surface area contributed by atoms with Gasteiger partial charge in [-0.25, -0.2) is 9.59 Å². The van der Waals surface area contributed by atoms with Gasteiger partial charge in [0.2, 0.25) is 5.91 Å². The molecule has 1 aliphatic heterocycles. The molecule has 1 aromatic heterocycles. The summed E-state index contributed by atoms with van der Waals surface area (Å²) in [7, 11) is 0. The average molecular weight is 463 g/mol. The molecule has 2 heterocycles. The number of aryl methyl sites for hydroxylation is 1. The molecule has 0 spiro atoms. The van der Waals surface area contributed by atoms with Crippen molar-refractivity contribution in [3.63, 3.8) is 0 Å². The highest BCUT2D eigenvalue weighted by Gasteiger charge is 2.34. The van der Waals surface area contributed by atoms with Crippen LogP contribution in [0.3, 0.4) is 0 Å². The van der Waals surface area contributed by atoms with Gasteiger partial charge in [0.15, 0.2) is 5.78 Å². The molecule has 1 fully saturated rings. The smallest absolute Gasteiger partial charge is 0.407 e. The van der Waals surface area contributed by atoms with Gasteiger partial charge in [-0.05, 0) is 37.0 Å². The molecule has 3 N–H and O–H groups in total. The SMILES string of the molecule is Cc1c(N)c(=O)oc2cc(C(=O)[C@@H]3CCCN3C(=O)CNC(=O)OCc3ccccc3)ccc12. The molecule has 4 rings (SSSR count). The zero-order chi connectivity index (χ0) is 24.2. The van der Waals surface area contributed by atoms with Gasteiger partial charge in [0.1, 0.15) is 24.4 Å². The predicted molar refractivity (Wildman–Crippen MR) is 125 cm³/mol. The molecule has 1 aliphatic rings. The lowest BCUT2D eigenvalue weighted by Gasteiger charge is -2.24. The maximum Gasteiger partial charge on any atom is 0.407 e. The van der Waals surface area contributed by atoms with Crippen molar-refractivity contribution in [2.45, 2.75) is 32.4 Å². The number of nitrogens with zero attached hydrogens (tertiary/aromatic N) is 1. The van der Waals surface area contributed by atoms with Crippen LogP contribution in [0.4, 0.5) is 10.5 Å². The molecule has 0 bridgehead atoms. The van der Waals surface area contributed by atoms with E-state index < -0.39 is 17.8 Å². The summed E-state index contributed by atoms with van der Waals surface area (Å²) in [6.45, 7) is 1.94. The Morgan fingerprint density at radius 3 is 2.71 bits per heavy atom. The molecule has 0 radical (unpaired) electrons. The normalized spacial score (nSPS) is 15.3. The summed E-state index contributed by atoms with van der Waals surface area (Å²) in [5.41, 5.74) is 7.14. The summed E-state index contributed by atoms with van der Waals surface area (Å²) in [4.78, 5) is 51.3. The van der Waals surface area contributed by atoms with E-state index in [1.807, 2.05) is 30.3 Å². The van der Waals surface area contributed by atoms with Gasteiger partial charge in [0.05, 0.1) is 6.04 Å². The van der Waals surface area contributed by atoms with E-state index in [1.54, 1.807) is 19.1 Å². The number of hydrogen-bond acceptors (Lipinski definition) is 7. The molecule has 34 heavy (non-hydrogen) atoms. The molecule has 0 saturated carbocycles. The van der Waals surface area contributed by atoms with E-state index in [2.05, 4.69) is 5.32 Å². The maximum absolute atomic E-state index is 13.2. The highest BCUT2D eigenvalue weighted by atomic mass is 16.5. The molecular formula is C25H25N3O6. The summed E-state index contributed by atoms with van der Waals surface area (Å²) in [5, 5.41) is 3.09. The minimum absolute atomic E-state index is 0.0361. The number of alkyl carbamates (subject to hydrolysis) is 1. The number of ketones is 1. The number of nitrogen functional groups attached to an aromatic ring is 1. The third-order valence-electron chi connectivity index (χ3n) is 5.97. The minimum Gasteiger partial charge on any atom is -0.445 e. The summed E-state index contributed by atoms with van der Waals surface area (Å²) < 4.78 is 10.4. The van der Waals surface area contributed by atoms with Crippen molar-refractivity contribution in [1.82, 2.24) is 10.2 Å². The van der Waals surface area contributed by atoms with Crippen molar-refractivity contribution in [2.24, 2.45) is 0 Å². The molecule has 9 nitrogen and oxygen atoms in total. The zero-order valence-corrected chi connectivity index (χ0v) is 18.7. The van der Waals surface area contributed by atoms with Crippen molar-refractivity contribution in [2.75, 3.05) is 18.8 Å². The monoisotopic (exact) mass is 463 g/mol. The van der Waals surface area contributed by atoms with Crippen molar-refractivity contribution in [3.05, 3.63) is 75.6 Å². The second-order valence-corrected chi connectivity index (χ2v) is 8.16. The molecule has 176 valence electrons. The van der Waals surface area contributed by atoms with Crippen molar-refractivity contribution < 1.29 is 23.5 Å². The lowest BCUT2D eigenvalue weighted by atomic mass is 9.99. The Labute approximate surface area is 195 Å². The van der Waals surface area contributed by atoms with Gasteiger partial charge in [-0.15, -0.1) is 0 Å². The van der Waals surface area contributed by atoms with Crippen molar-refractivity contribution >= 4 is 34.4 Å². The van der Waals surface area contributed by atoms with E-state index in [1.165, 1.54) is 11.0 Å². The lowest BCUT2D eigenvalue weighted by molar-refractivity contribution is -0.130. The van der Waals surface area contributed by atoms with Gasteiger partial charge in [0.25, 0.3) is 0 Å². The van der Waals surface area contributed by atoms with Gasteiger partial charge in [-0.2, -0.15) is 0 Å². The topological polar surface area (TPSA) is 132 Å². The zero-order valence-electron chi connectivity index (χ0n) is 18.7. The number of Topliss-reactive ketones (excluding diaryl/α,β-unsaturated/α-hetero) is 1. The predicted octanol–water partition coefficient (Wildman–Crippen LogP) is 2.78. The van der Waals surface area contributed by atoms with Gasteiger partial charge in [-0.3, -0.25) is 9.59 Å². The van der Waals surface area contributed by atoms with E-state index in [0.29, 0.717) is 35.9 Å². The first kappa shape index (κ1) is 23.0. The number of nitrogens with two attached hydrogens (primary N) is 1. The summed E-state index contributed by atoms with van der Waals surface area (Å²) >= 11 is 0. The molecular weight excluding hydrogens is 438 g/mol. The quantitative estimate of drug-likeness (QED) is 0.424. The van der Waals surface area contributed by atoms with Crippen molar-refractivity contribution in [1.29, 1.82) is 0 Å². The van der Waals surface area contributed by atoms with Crippen LogP contribution in [0, 0.1) is 6.92 Å². The lowest BCUT2D eigenvalue weighted by Crippen LogP contribution is -2.45. The number of rotatable bonds is 6. The number of hydrogen-bond donors (Lipinski definition) is 2. The molecule has 9 heteroatoms. The number of ether oxygens (including phenoxy) is 1. The Hall–Kier alpha value is -4.14. The number of anilines is 1. The van der Waals surface area contributed by atoms with Crippen LogP contribution in [0.1, 0.15) is 34.3 Å². The fourth-order valence-electron chi connectivity index (χ4n) is 4.08. The van der Waals surface area contributed by atoms with Crippen LogP contribution >= 0.6 is 0 Å². The van der Waals surface area contributed by atoms with E-state index in [0.717, 1.165) is 5.56 Å².